The van der Waals surface area contributed by atoms with Gasteiger partial charge in [0.2, 0.25) is 0 Å². The van der Waals surface area contributed by atoms with Gasteiger partial charge in [-0.3, -0.25) is 4.98 Å². The first kappa shape index (κ1) is 13.3. The van der Waals surface area contributed by atoms with Crippen LogP contribution in [-0.4, -0.2) is 17.2 Å². The lowest BCUT2D eigenvalue weighted by Crippen LogP contribution is -2.07. The van der Waals surface area contributed by atoms with Crippen LogP contribution in [0.5, 0.6) is 5.75 Å². The van der Waals surface area contributed by atoms with Gasteiger partial charge in [0.25, 0.3) is 0 Å². The number of hydrogen-bond donors (Lipinski definition) is 1. The normalized spacial score (nSPS) is 19.2. The van der Waals surface area contributed by atoms with Crippen LogP contribution in [0.25, 0.3) is 0 Å². The number of aliphatic hydroxyl groups excluding tert-OH is 1. The Hall–Kier alpha value is -1.09. The number of aliphatic hydroxyl groups is 1. The number of methoxy groups -OCH3 is 1. The van der Waals surface area contributed by atoms with Gasteiger partial charge in [0.15, 0.2) is 0 Å². The van der Waals surface area contributed by atoms with Crippen LogP contribution in [0.4, 0.5) is 0 Å². The van der Waals surface area contributed by atoms with E-state index in [9.17, 15) is 5.11 Å². The fraction of sp³-hybridized carbons (Fsp3) is 0.667. The third-order valence-electron chi connectivity index (χ3n) is 3.89. The lowest BCUT2D eigenvalue weighted by molar-refractivity contribution is 0.138. The van der Waals surface area contributed by atoms with E-state index in [4.69, 9.17) is 4.74 Å². The van der Waals surface area contributed by atoms with E-state index in [1.54, 1.807) is 19.5 Å². The highest BCUT2D eigenvalue weighted by atomic mass is 16.5. The van der Waals surface area contributed by atoms with Crippen molar-refractivity contribution in [1.82, 2.24) is 4.98 Å². The molecule has 0 aliphatic heterocycles. The van der Waals surface area contributed by atoms with Gasteiger partial charge in [-0.1, -0.05) is 38.5 Å². The predicted molar refractivity (Wildman–Crippen MR) is 71.6 cm³/mol. The third-order valence-corrected chi connectivity index (χ3v) is 3.89. The first-order valence-electron chi connectivity index (χ1n) is 6.96. The van der Waals surface area contributed by atoms with Crippen LogP contribution in [0.3, 0.4) is 0 Å². The lowest BCUT2D eigenvalue weighted by atomic mass is 9.91. The lowest BCUT2D eigenvalue weighted by Gasteiger charge is -2.18. The van der Waals surface area contributed by atoms with Crippen LogP contribution in [0.15, 0.2) is 18.5 Å². The van der Waals surface area contributed by atoms with E-state index in [0.29, 0.717) is 11.7 Å². The standard InChI is InChI=1S/C15H23NO2/c1-18-14-9-13(10-16-11-14)15(17)8-12-6-4-2-3-5-7-12/h9-12,15,17H,2-8H2,1H3. The van der Waals surface area contributed by atoms with Crippen molar-refractivity contribution in [2.75, 3.05) is 7.11 Å². The molecule has 1 heterocycles. The maximum atomic E-state index is 10.3. The Bertz CT molecular complexity index is 359. The summed E-state index contributed by atoms with van der Waals surface area (Å²) < 4.78 is 5.14. The smallest absolute Gasteiger partial charge is 0.137 e. The number of aromatic nitrogens is 1. The quantitative estimate of drug-likeness (QED) is 0.831. The molecule has 2 rings (SSSR count). The SMILES string of the molecule is COc1cncc(C(O)CC2CCCCCC2)c1. The molecule has 0 radical (unpaired) electrons. The first-order chi connectivity index (χ1) is 8.79. The molecule has 1 aromatic rings. The fourth-order valence-corrected chi connectivity index (χ4v) is 2.78. The highest BCUT2D eigenvalue weighted by Crippen LogP contribution is 2.31. The molecule has 1 aromatic heterocycles. The maximum absolute atomic E-state index is 10.3. The fourth-order valence-electron chi connectivity index (χ4n) is 2.78. The Morgan fingerprint density at radius 1 is 1.28 bits per heavy atom. The summed E-state index contributed by atoms with van der Waals surface area (Å²) in [5.41, 5.74) is 0.874. The molecule has 1 N–H and O–H groups in total. The molecule has 3 heteroatoms. The van der Waals surface area contributed by atoms with E-state index in [-0.39, 0.29) is 0 Å². The van der Waals surface area contributed by atoms with Gasteiger partial charge in [-0.15, -0.1) is 0 Å². The summed E-state index contributed by atoms with van der Waals surface area (Å²) in [5, 5.41) is 10.3. The van der Waals surface area contributed by atoms with Gasteiger partial charge in [-0.2, -0.15) is 0 Å². The molecule has 100 valence electrons. The van der Waals surface area contributed by atoms with Crippen LogP contribution < -0.4 is 4.74 Å². The Labute approximate surface area is 109 Å². The molecular weight excluding hydrogens is 226 g/mol. The number of hydrogen-bond acceptors (Lipinski definition) is 3. The summed E-state index contributed by atoms with van der Waals surface area (Å²) in [4.78, 5) is 4.10. The minimum absolute atomic E-state index is 0.407. The topological polar surface area (TPSA) is 42.4 Å². The van der Waals surface area contributed by atoms with E-state index in [1.165, 1.54) is 38.5 Å². The molecule has 1 aliphatic rings. The molecule has 0 spiro atoms. The van der Waals surface area contributed by atoms with Crippen molar-refractivity contribution in [1.29, 1.82) is 0 Å². The van der Waals surface area contributed by atoms with Crippen LogP contribution in [0.2, 0.25) is 0 Å². The highest BCUT2D eigenvalue weighted by molar-refractivity contribution is 5.24. The van der Waals surface area contributed by atoms with E-state index < -0.39 is 6.10 Å². The summed E-state index contributed by atoms with van der Waals surface area (Å²) in [6.45, 7) is 0. The highest BCUT2D eigenvalue weighted by Gasteiger charge is 2.18. The number of pyridine rings is 1. The van der Waals surface area contributed by atoms with Crippen LogP contribution in [0, 0.1) is 5.92 Å². The second kappa shape index (κ2) is 6.74. The monoisotopic (exact) mass is 249 g/mol. The molecule has 1 aliphatic carbocycles. The second-order valence-electron chi connectivity index (χ2n) is 5.27. The maximum Gasteiger partial charge on any atom is 0.137 e. The minimum atomic E-state index is -0.407. The van der Waals surface area contributed by atoms with E-state index in [1.807, 2.05) is 6.07 Å². The molecule has 0 saturated heterocycles. The summed E-state index contributed by atoms with van der Waals surface area (Å²) in [5.74, 6) is 1.38. The van der Waals surface area contributed by atoms with Gasteiger partial charge in [0, 0.05) is 11.8 Å². The zero-order chi connectivity index (χ0) is 12.8. The van der Waals surface area contributed by atoms with Crippen molar-refractivity contribution >= 4 is 0 Å². The molecule has 1 atom stereocenters. The number of ether oxygens (including phenoxy) is 1. The zero-order valence-corrected chi connectivity index (χ0v) is 11.1. The second-order valence-corrected chi connectivity index (χ2v) is 5.27. The average Bonchev–Trinajstić information content (AvgIpc) is 2.67. The van der Waals surface area contributed by atoms with Crippen molar-refractivity contribution in [3.8, 4) is 5.75 Å². The van der Waals surface area contributed by atoms with Gasteiger partial charge in [-0.05, 0) is 18.4 Å². The molecule has 0 amide bonds. The Balaban J connectivity index is 1.95. The summed E-state index contributed by atoms with van der Waals surface area (Å²) in [7, 11) is 1.62. The molecule has 0 bridgehead atoms. The van der Waals surface area contributed by atoms with Gasteiger partial charge < -0.3 is 9.84 Å². The minimum Gasteiger partial charge on any atom is -0.495 e. The molecular formula is C15H23NO2. The third kappa shape index (κ3) is 3.70. The molecule has 1 fully saturated rings. The Morgan fingerprint density at radius 3 is 2.67 bits per heavy atom. The predicted octanol–water partition coefficient (Wildman–Crippen LogP) is 3.48. The largest absolute Gasteiger partial charge is 0.495 e. The molecule has 1 unspecified atom stereocenters. The van der Waals surface area contributed by atoms with Gasteiger partial charge in [-0.25, -0.2) is 0 Å². The first-order valence-corrected chi connectivity index (χ1v) is 6.96. The van der Waals surface area contributed by atoms with Crippen molar-refractivity contribution in [2.24, 2.45) is 5.92 Å². The number of nitrogens with zero attached hydrogens (tertiary/aromatic N) is 1. The van der Waals surface area contributed by atoms with Crippen LogP contribution >= 0.6 is 0 Å². The van der Waals surface area contributed by atoms with Crippen molar-refractivity contribution in [3.63, 3.8) is 0 Å². The van der Waals surface area contributed by atoms with E-state index in [2.05, 4.69) is 4.98 Å². The van der Waals surface area contributed by atoms with Gasteiger partial charge >= 0.3 is 0 Å². The molecule has 1 saturated carbocycles. The summed E-state index contributed by atoms with van der Waals surface area (Å²) in [6, 6.07) is 1.88. The Morgan fingerprint density at radius 2 is 2.00 bits per heavy atom. The van der Waals surface area contributed by atoms with Gasteiger partial charge in [0.05, 0.1) is 19.4 Å². The molecule has 18 heavy (non-hydrogen) atoms. The zero-order valence-electron chi connectivity index (χ0n) is 11.1. The summed E-state index contributed by atoms with van der Waals surface area (Å²) >= 11 is 0. The van der Waals surface area contributed by atoms with Crippen molar-refractivity contribution in [2.45, 2.75) is 51.0 Å². The van der Waals surface area contributed by atoms with E-state index in [0.717, 1.165) is 12.0 Å². The van der Waals surface area contributed by atoms with Crippen LogP contribution in [-0.2, 0) is 0 Å². The van der Waals surface area contributed by atoms with E-state index >= 15 is 0 Å². The Kier molecular flexibility index (Phi) is 5.00. The number of rotatable bonds is 4. The van der Waals surface area contributed by atoms with Crippen molar-refractivity contribution < 1.29 is 9.84 Å². The molecule has 3 nitrogen and oxygen atoms in total. The van der Waals surface area contributed by atoms with Gasteiger partial charge in [0.1, 0.15) is 5.75 Å². The summed E-state index contributed by atoms with van der Waals surface area (Å²) in [6.07, 6.45) is 11.7. The molecule has 0 aromatic carbocycles. The van der Waals surface area contributed by atoms with Crippen molar-refractivity contribution in [3.05, 3.63) is 24.0 Å². The van der Waals surface area contributed by atoms with Crippen LogP contribution in [0.1, 0.15) is 56.6 Å². The average molecular weight is 249 g/mol.